The lowest BCUT2D eigenvalue weighted by Crippen LogP contribution is -2.18. The van der Waals surface area contributed by atoms with Crippen molar-refractivity contribution in [3.63, 3.8) is 0 Å². The highest BCUT2D eigenvalue weighted by Gasteiger charge is 2.25. The van der Waals surface area contributed by atoms with E-state index in [1.54, 1.807) is 6.07 Å². The average Bonchev–Trinajstić information content (AvgIpc) is 3.14. The first-order chi connectivity index (χ1) is 13.5. The number of hydrogen-bond donors (Lipinski definition) is 1. The zero-order valence-electron chi connectivity index (χ0n) is 15.0. The van der Waals surface area contributed by atoms with Crippen LogP contribution in [0.25, 0.3) is 6.08 Å². The van der Waals surface area contributed by atoms with Crippen molar-refractivity contribution in [1.29, 1.82) is 0 Å². The Morgan fingerprint density at radius 1 is 0.929 bits per heavy atom. The molecule has 2 aromatic carbocycles. The molecular formula is C22H18O6. The first-order valence-electron chi connectivity index (χ1n) is 8.61. The minimum atomic E-state index is -1.22. The van der Waals surface area contributed by atoms with Crippen LogP contribution in [0.15, 0.2) is 66.8 Å². The second-order valence-corrected chi connectivity index (χ2v) is 6.11. The van der Waals surface area contributed by atoms with Crippen LogP contribution >= 0.6 is 0 Å². The van der Waals surface area contributed by atoms with Gasteiger partial charge in [0.2, 0.25) is 0 Å². The normalized spacial score (nSPS) is 14.2. The van der Waals surface area contributed by atoms with Gasteiger partial charge < -0.3 is 14.6 Å². The van der Waals surface area contributed by atoms with E-state index >= 15 is 0 Å². The number of carboxylic acid groups (broad SMARTS) is 1. The van der Waals surface area contributed by atoms with Crippen molar-refractivity contribution in [3.05, 3.63) is 89.0 Å². The summed E-state index contributed by atoms with van der Waals surface area (Å²) in [6.45, 7) is 3.48. The van der Waals surface area contributed by atoms with Crippen molar-refractivity contribution >= 4 is 24.0 Å². The lowest BCUT2D eigenvalue weighted by atomic mass is 9.94. The topological polar surface area (TPSA) is 89.9 Å². The number of allylic oxidation sites excluding steroid dienone is 1. The average molecular weight is 378 g/mol. The van der Waals surface area contributed by atoms with E-state index in [2.05, 4.69) is 6.58 Å². The number of hydrogen-bond acceptors (Lipinski definition) is 5. The van der Waals surface area contributed by atoms with Gasteiger partial charge in [-0.05, 0) is 23.3 Å². The number of benzene rings is 2. The van der Waals surface area contributed by atoms with Gasteiger partial charge in [-0.1, -0.05) is 55.1 Å². The van der Waals surface area contributed by atoms with Gasteiger partial charge in [0.15, 0.2) is 0 Å². The Kier molecular flexibility index (Phi) is 5.69. The molecule has 1 aliphatic carbocycles. The number of esters is 2. The first-order valence-corrected chi connectivity index (χ1v) is 8.61. The maximum absolute atomic E-state index is 12.2. The molecule has 0 bridgehead atoms. The van der Waals surface area contributed by atoms with Crippen molar-refractivity contribution in [3.8, 4) is 0 Å². The Hall–Kier alpha value is -3.67. The monoisotopic (exact) mass is 378 g/mol. The van der Waals surface area contributed by atoms with E-state index in [1.165, 1.54) is 18.2 Å². The number of fused-ring (bicyclic) bond motifs is 1. The molecule has 28 heavy (non-hydrogen) atoms. The van der Waals surface area contributed by atoms with Gasteiger partial charge in [-0.15, -0.1) is 0 Å². The van der Waals surface area contributed by atoms with Crippen LogP contribution in [0.3, 0.4) is 0 Å². The Balaban J connectivity index is 1.50. The number of carbonyl (C=O) groups excluding carboxylic acids is 2. The van der Waals surface area contributed by atoms with Gasteiger partial charge in [0.1, 0.15) is 13.2 Å². The summed E-state index contributed by atoms with van der Waals surface area (Å²) in [5, 5.41) is 9.10. The summed E-state index contributed by atoms with van der Waals surface area (Å²) in [6.07, 6.45) is 3.82. The fraction of sp³-hybridized carbons (Fsp3) is 0.136. The molecule has 142 valence electrons. The number of rotatable bonds is 7. The fourth-order valence-corrected chi connectivity index (χ4v) is 2.97. The minimum absolute atomic E-state index is 0.0570. The quantitative estimate of drug-likeness (QED) is 0.451. The zero-order valence-corrected chi connectivity index (χ0v) is 15.0. The Labute approximate surface area is 161 Å². The first kappa shape index (κ1) is 19.1. The molecule has 0 saturated carbocycles. The third kappa shape index (κ3) is 4.01. The van der Waals surface area contributed by atoms with E-state index in [0.717, 1.165) is 11.1 Å². The predicted octanol–water partition coefficient (Wildman–Crippen LogP) is 3.45. The number of carbonyl (C=O) groups is 3. The summed E-state index contributed by atoms with van der Waals surface area (Å²) >= 11 is 0. The number of ether oxygens (including phenoxy) is 2. The van der Waals surface area contributed by atoms with Gasteiger partial charge in [-0.2, -0.15) is 0 Å². The number of aromatic carboxylic acids is 1. The van der Waals surface area contributed by atoms with Crippen LogP contribution in [-0.4, -0.2) is 36.2 Å². The molecule has 1 aliphatic rings. The molecular weight excluding hydrogens is 360 g/mol. The van der Waals surface area contributed by atoms with Crippen LogP contribution in [0.1, 0.15) is 37.8 Å². The summed E-state index contributed by atoms with van der Waals surface area (Å²) < 4.78 is 10.1. The molecule has 0 heterocycles. The Morgan fingerprint density at radius 3 is 2.32 bits per heavy atom. The largest absolute Gasteiger partial charge is 0.478 e. The van der Waals surface area contributed by atoms with Crippen molar-refractivity contribution in [2.75, 3.05) is 13.2 Å². The maximum atomic E-state index is 12.2. The molecule has 0 aromatic heterocycles. The summed E-state index contributed by atoms with van der Waals surface area (Å²) in [7, 11) is 0. The van der Waals surface area contributed by atoms with E-state index < -0.39 is 17.9 Å². The highest BCUT2D eigenvalue weighted by Crippen LogP contribution is 2.34. The zero-order chi connectivity index (χ0) is 20.1. The van der Waals surface area contributed by atoms with Crippen LogP contribution in [-0.2, 0) is 14.3 Å². The van der Waals surface area contributed by atoms with Crippen LogP contribution in [0.5, 0.6) is 0 Å². The highest BCUT2D eigenvalue weighted by molar-refractivity contribution is 6.02. The summed E-state index contributed by atoms with van der Waals surface area (Å²) in [5.74, 6) is -2.83. The molecule has 2 aromatic rings. The Bertz CT molecular complexity index is 972. The van der Waals surface area contributed by atoms with Crippen LogP contribution < -0.4 is 0 Å². The van der Waals surface area contributed by atoms with E-state index in [4.69, 9.17) is 14.6 Å². The fourth-order valence-electron chi connectivity index (χ4n) is 2.97. The van der Waals surface area contributed by atoms with Crippen LogP contribution in [0.4, 0.5) is 0 Å². The molecule has 0 aliphatic heterocycles. The summed E-state index contributed by atoms with van der Waals surface area (Å²) in [6, 6.07) is 13.4. The smallest absolute Gasteiger partial charge is 0.339 e. The molecule has 6 nitrogen and oxygen atoms in total. The summed E-state index contributed by atoms with van der Waals surface area (Å²) in [4.78, 5) is 35.4. The predicted molar refractivity (Wildman–Crippen MR) is 102 cm³/mol. The van der Waals surface area contributed by atoms with E-state index in [-0.39, 0.29) is 30.3 Å². The van der Waals surface area contributed by atoms with E-state index in [0.29, 0.717) is 5.57 Å². The van der Waals surface area contributed by atoms with Gasteiger partial charge in [0.25, 0.3) is 0 Å². The SMILES string of the molecule is C=C(C(=O)OCCOC(=O)c1ccccc1C(=O)O)C1C=Cc2ccccc21. The number of carboxylic acids is 1. The van der Waals surface area contributed by atoms with Gasteiger partial charge in [-0.25, -0.2) is 14.4 Å². The van der Waals surface area contributed by atoms with Crippen molar-refractivity contribution in [2.24, 2.45) is 0 Å². The molecule has 0 amide bonds. The molecule has 6 heteroatoms. The molecule has 0 radical (unpaired) electrons. The summed E-state index contributed by atoms with van der Waals surface area (Å²) in [5.41, 5.74) is 2.11. The molecule has 0 saturated heterocycles. The van der Waals surface area contributed by atoms with Gasteiger partial charge in [0.05, 0.1) is 11.1 Å². The Morgan fingerprint density at radius 2 is 1.57 bits per heavy atom. The van der Waals surface area contributed by atoms with Gasteiger partial charge in [0, 0.05) is 11.5 Å². The van der Waals surface area contributed by atoms with Gasteiger partial charge in [-0.3, -0.25) is 0 Å². The van der Waals surface area contributed by atoms with Crippen molar-refractivity contribution < 1.29 is 29.0 Å². The van der Waals surface area contributed by atoms with E-state index in [9.17, 15) is 14.4 Å². The third-order valence-electron chi connectivity index (χ3n) is 4.36. The van der Waals surface area contributed by atoms with Crippen molar-refractivity contribution in [2.45, 2.75) is 5.92 Å². The molecule has 0 fully saturated rings. The second kappa shape index (κ2) is 8.35. The standard InChI is InChI=1S/C22H18O6/c1-14(16-11-10-15-6-2-3-7-17(15)16)21(25)27-12-13-28-22(26)19-9-5-4-8-18(19)20(23)24/h2-11,16H,1,12-13H2,(H,23,24). The third-order valence-corrected chi connectivity index (χ3v) is 4.36. The molecule has 1 atom stereocenters. The highest BCUT2D eigenvalue weighted by atomic mass is 16.6. The molecule has 1 N–H and O–H groups in total. The second-order valence-electron chi connectivity index (χ2n) is 6.11. The lowest BCUT2D eigenvalue weighted by molar-refractivity contribution is -0.140. The van der Waals surface area contributed by atoms with Crippen LogP contribution in [0.2, 0.25) is 0 Å². The maximum Gasteiger partial charge on any atom is 0.339 e. The molecule has 3 rings (SSSR count). The van der Waals surface area contributed by atoms with Crippen LogP contribution in [0, 0.1) is 0 Å². The van der Waals surface area contributed by atoms with Crippen molar-refractivity contribution in [1.82, 2.24) is 0 Å². The molecule has 1 unspecified atom stereocenters. The van der Waals surface area contributed by atoms with Gasteiger partial charge >= 0.3 is 17.9 Å². The lowest BCUT2D eigenvalue weighted by Gasteiger charge is -2.14. The minimum Gasteiger partial charge on any atom is -0.478 e. The van der Waals surface area contributed by atoms with E-state index in [1.807, 2.05) is 36.4 Å². The molecule has 0 spiro atoms.